The molecule has 0 unspecified atom stereocenters. The number of rotatable bonds is 16. The maximum Gasteiger partial charge on any atom is 0.488 e. The van der Waals surface area contributed by atoms with Crippen molar-refractivity contribution >= 4 is 35.2 Å². The molecule has 1 aliphatic rings. The second-order valence-electron chi connectivity index (χ2n) is 10.8. The Labute approximate surface area is 226 Å². The van der Waals surface area contributed by atoms with Gasteiger partial charge in [-0.25, -0.2) is 0 Å². The van der Waals surface area contributed by atoms with Crippen molar-refractivity contribution in [1.29, 1.82) is 0 Å². The van der Waals surface area contributed by atoms with Crippen molar-refractivity contribution in [2.75, 3.05) is 26.4 Å². The molecule has 8 nitrogen and oxygen atoms in total. The first-order valence-corrected chi connectivity index (χ1v) is 21.4. The number of hydrogen-bond donors (Lipinski definition) is 0. The van der Waals surface area contributed by atoms with E-state index >= 15 is 0 Å². The molecule has 1 rings (SSSR count). The van der Waals surface area contributed by atoms with Gasteiger partial charge in [-0.2, -0.15) is 0 Å². The first-order chi connectivity index (χ1) is 16.8. The zero-order valence-electron chi connectivity index (χ0n) is 25.2. The van der Waals surface area contributed by atoms with Gasteiger partial charge in [-0.15, -0.1) is 0 Å². The van der Waals surface area contributed by atoms with Crippen LogP contribution in [0, 0.1) is 0 Å². The third-order valence-electron chi connectivity index (χ3n) is 6.00. The Morgan fingerprint density at radius 1 is 0.389 bits per heavy atom. The standard InChI is InChI=1S/C24H56O8Si4/c1-13-17-25-33(21(5)6)29-34(22(7)8,26-18-14-2)31-36(24(11)12,28-20-16-4)32-35(30-33,23(9)10)27-19-15-3/h21-24H,13-20H2,1-12H3. The van der Waals surface area contributed by atoms with Crippen LogP contribution in [0.15, 0.2) is 0 Å². The highest BCUT2D eigenvalue weighted by Crippen LogP contribution is 2.46. The van der Waals surface area contributed by atoms with Gasteiger partial charge in [0.1, 0.15) is 0 Å². The van der Waals surface area contributed by atoms with Gasteiger partial charge in [-0.1, -0.05) is 83.1 Å². The monoisotopic (exact) mass is 584 g/mol. The molecule has 0 atom stereocenters. The smallest absolute Gasteiger partial charge is 0.374 e. The highest BCUT2D eigenvalue weighted by molar-refractivity contribution is 6.90. The van der Waals surface area contributed by atoms with E-state index in [0.29, 0.717) is 26.4 Å². The van der Waals surface area contributed by atoms with E-state index in [4.69, 9.17) is 34.2 Å². The van der Waals surface area contributed by atoms with Crippen molar-refractivity contribution in [3.63, 3.8) is 0 Å². The molecule has 0 aliphatic carbocycles. The predicted octanol–water partition coefficient (Wildman–Crippen LogP) is 7.17. The molecule has 0 N–H and O–H groups in total. The third-order valence-corrected chi connectivity index (χ3v) is 23.2. The zero-order chi connectivity index (χ0) is 27.6. The second-order valence-corrected chi connectivity index (χ2v) is 24.7. The Bertz CT molecular complexity index is 509. The minimum atomic E-state index is -3.40. The molecule has 12 heteroatoms. The van der Waals surface area contributed by atoms with E-state index in [9.17, 15) is 0 Å². The van der Waals surface area contributed by atoms with E-state index in [1.807, 2.05) is 0 Å². The van der Waals surface area contributed by atoms with E-state index in [1.165, 1.54) is 0 Å². The molecule has 1 aliphatic heterocycles. The summed E-state index contributed by atoms with van der Waals surface area (Å²) in [5, 5.41) is 0. The topological polar surface area (TPSA) is 73.8 Å². The predicted molar refractivity (Wildman–Crippen MR) is 153 cm³/mol. The lowest BCUT2D eigenvalue weighted by molar-refractivity contribution is 0.00183. The minimum Gasteiger partial charge on any atom is -0.374 e. The van der Waals surface area contributed by atoms with Crippen molar-refractivity contribution in [3.8, 4) is 0 Å². The lowest BCUT2D eigenvalue weighted by Crippen LogP contribution is -2.75. The normalized spacial score (nSPS) is 32.0. The van der Waals surface area contributed by atoms with E-state index in [2.05, 4.69) is 83.1 Å². The van der Waals surface area contributed by atoms with Gasteiger partial charge in [-0.3, -0.25) is 0 Å². The molecule has 0 aromatic heterocycles. The van der Waals surface area contributed by atoms with Crippen LogP contribution in [0.25, 0.3) is 0 Å². The van der Waals surface area contributed by atoms with Gasteiger partial charge in [0.15, 0.2) is 0 Å². The van der Waals surface area contributed by atoms with Gasteiger partial charge in [0.05, 0.1) is 0 Å². The molecule has 0 aromatic rings. The van der Waals surface area contributed by atoms with Gasteiger partial charge >= 0.3 is 35.2 Å². The molecular formula is C24H56O8Si4. The Balaban J connectivity index is 3.95. The van der Waals surface area contributed by atoms with Crippen molar-refractivity contribution in [1.82, 2.24) is 0 Å². The van der Waals surface area contributed by atoms with Crippen LogP contribution in [0.2, 0.25) is 22.2 Å². The summed E-state index contributed by atoms with van der Waals surface area (Å²) in [6, 6.07) is 0. The Hall–Kier alpha value is 0.548. The highest BCUT2D eigenvalue weighted by atomic mass is 28.6. The summed E-state index contributed by atoms with van der Waals surface area (Å²) in [4.78, 5) is 0. The van der Waals surface area contributed by atoms with Crippen LogP contribution in [0.4, 0.5) is 0 Å². The van der Waals surface area contributed by atoms with Gasteiger partial charge < -0.3 is 34.2 Å². The molecule has 1 heterocycles. The Morgan fingerprint density at radius 2 is 0.556 bits per heavy atom. The van der Waals surface area contributed by atoms with Crippen molar-refractivity contribution < 1.29 is 34.2 Å². The quantitative estimate of drug-likeness (QED) is 0.177. The molecule has 0 bridgehead atoms. The van der Waals surface area contributed by atoms with Crippen LogP contribution in [0.3, 0.4) is 0 Å². The van der Waals surface area contributed by atoms with E-state index in [0.717, 1.165) is 25.7 Å². The zero-order valence-corrected chi connectivity index (χ0v) is 29.2. The fraction of sp³-hybridized carbons (Fsp3) is 1.00. The van der Waals surface area contributed by atoms with Gasteiger partial charge in [0, 0.05) is 48.6 Å². The second kappa shape index (κ2) is 15.4. The Morgan fingerprint density at radius 3 is 0.667 bits per heavy atom. The molecule has 0 aromatic carbocycles. The largest absolute Gasteiger partial charge is 0.488 e. The van der Waals surface area contributed by atoms with E-state index in [1.54, 1.807) is 0 Å². The summed E-state index contributed by atoms with van der Waals surface area (Å²) in [5.74, 6) is 0. The lowest BCUT2D eigenvalue weighted by Gasteiger charge is -2.53. The third kappa shape index (κ3) is 8.27. The molecule has 216 valence electrons. The number of hydrogen-bond acceptors (Lipinski definition) is 8. The fourth-order valence-corrected chi connectivity index (χ4v) is 24.9. The molecule has 0 spiro atoms. The van der Waals surface area contributed by atoms with Crippen molar-refractivity contribution in [2.45, 2.75) is 131 Å². The molecule has 1 fully saturated rings. The summed E-state index contributed by atoms with van der Waals surface area (Å²) < 4.78 is 55.2. The van der Waals surface area contributed by atoms with Gasteiger partial charge in [-0.05, 0) is 25.7 Å². The average Bonchev–Trinajstić information content (AvgIpc) is 2.80. The molecule has 0 radical (unpaired) electrons. The van der Waals surface area contributed by atoms with Crippen molar-refractivity contribution in [2.24, 2.45) is 0 Å². The maximum absolute atomic E-state index is 7.18. The van der Waals surface area contributed by atoms with Crippen LogP contribution < -0.4 is 0 Å². The molecule has 36 heavy (non-hydrogen) atoms. The molecule has 0 saturated carbocycles. The van der Waals surface area contributed by atoms with E-state index in [-0.39, 0.29) is 22.2 Å². The first-order valence-electron chi connectivity index (χ1n) is 14.2. The SMILES string of the molecule is CCCO[Si]1(C(C)C)O[Si](OCCC)(C(C)C)O[Si](OCCC)(C(C)C)O[Si](OCCC)(C(C)C)O1. The summed E-state index contributed by atoms with van der Waals surface area (Å²) in [7, 11) is -13.6. The first kappa shape index (κ1) is 34.6. The summed E-state index contributed by atoms with van der Waals surface area (Å²) >= 11 is 0. The highest BCUT2D eigenvalue weighted by Gasteiger charge is 2.71. The van der Waals surface area contributed by atoms with Crippen LogP contribution in [-0.2, 0) is 34.2 Å². The average molecular weight is 585 g/mol. The van der Waals surface area contributed by atoms with Crippen LogP contribution in [0.1, 0.15) is 109 Å². The van der Waals surface area contributed by atoms with Gasteiger partial charge in [0.2, 0.25) is 0 Å². The molecule has 0 amide bonds. The van der Waals surface area contributed by atoms with Crippen molar-refractivity contribution in [3.05, 3.63) is 0 Å². The van der Waals surface area contributed by atoms with Crippen LogP contribution >= 0.6 is 0 Å². The lowest BCUT2D eigenvalue weighted by atomic mass is 10.5. The molecular weight excluding hydrogens is 529 g/mol. The fourth-order valence-electron chi connectivity index (χ4n) is 3.70. The summed E-state index contributed by atoms with van der Waals surface area (Å²) in [6.07, 6.45) is 3.38. The summed E-state index contributed by atoms with van der Waals surface area (Å²) in [5.41, 5.74) is -0.138. The molecule has 1 saturated heterocycles. The van der Waals surface area contributed by atoms with Gasteiger partial charge in [0.25, 0.3) is 0 Å². The van der Waals surface area contributed by atoms with E-state index < -0.39 is 35.2 Å². The minimum absolute atomic E-state index is 0.0345. The van der Waals surface area contributed by atoms with Crippen LogP contribution in [-0.4, -0.2) is 61.6 Å². The Kier molecular flexibility index (Phi) is 14.8. The summed E-state index contributed by atoms with van der Waals surface area (Å²) in [6.45, 7) is 27.3. The van der Waals surface area contributed by atoms with Crippen LogP contribution in [0.5, 0.6) is 0 Å². The maximum atomic E-state index is 7.18.